The lowest BCUT2D eigenvalue weighted by atomic mass is 10.1. The van der Waals surface area contributed by atoms with Crippen molar-refractivity contribution in [1.29, 1.82) is 0 Å². The number of aryl methyl sites for hydroxylation is 2. The number of thiophene rings is 1. The van der Waals surface area contributed by atoms with Crippen molar-refractivity contribution in [3.63, 3.8) is 0 Å². The van der Waals surface area contributed by atoms with Gasteiger partial charge in [0.2, 0.25) is 0 Å². The number of fused-ring (bicyclic) bond motifs is 1. The van der Waals surface area contributed by atoms with E-state index in [9.17, 15) is 4.79 Å². The van der Waals surface area contributed by atoms with Crippen molar-refractivity contribution in [3.05, 3.63) is 87.4 Å². The van der Waals surface area contributed by atoms with E-state index in [0.29, 0.717) is 6.54 Å². The van der Waals surface area contributed by atoms with Gasteiger partial charge in [0.1, 0.15) is 0 Å². The molecule has 3 nitrogen and oxygen atoms in total. The number of hydrogen-bond donors (Lipinski definition) is 0. The zero-order chi connectivity index (χ0) is 17.9. The molecule has 0 bridgehead atoms. The molecule has 0 saturated heterocycles. The molecule has 26 heavy (non-hydrogen) atoms. The predicted octanol–water partition coefficient (Wildman–Crippen LogP) is 5.04. The first-order valence-corrected chi connectivity index (χ1v) is 9.91. The predicted molar refractivity (Wildman–Crippen MR) is 105 cm³/mol. The molecule has 1 aromatic carbocycles. The number of nitrogens with zero attached hydrogens (tertiary/aromatic N) is 2. The number of pyridine rings is 1. The van der Waals surface area contributed by atoms with Gasteiger partial charge in [-0.25, -0.2) is 0 Å². The molecule has 3 aromatic rings. The fraction of sp³-hybridized carbons (Fsp3) is 0.273. The second-order valence-corrected chi connectivity index (χ2v) is 7.90. The molecule has 2 heterocycles. The zero-order valence-electron chi connectivity index (χ0n) is 14.9. The quantitative estimate of drug-likeness (QED) is 0.637. The smallest absolute Gasteiger partial charge is 0.264 e. The largest absolute Gasteiger partial charge is 0.325 e. The van der Waals surface area contributed by atoms with Gasteiger partial charge in [0, 0.05) is 17.6 Å². The van der Waals surface area contributed by atoms with Crippen LogP contribution in [0.1, 0.15) is 50.8 Å². The van der Waals surface area contributed by atoms with E-state index in [0.717, 1.165) is 29.0 Å². The molecule has 1 atom stereocenters. The van der Waals surface area contributed by atoms with Crippen LogP contribution in [0.4, 0.5) is 0 Å². The number of carbonyl (C=O) groups is 1. The molecule has 2 aromatic heterocycles. The van der Waals surface area contributed by atoms with Gasteiger partial charge in [-0.2, -0.15) is 0 Å². The molecular weight excluding hydrogens is 340 g/mol. The summed E-state index contributed by atoms with van der Waals surface area (Å²) >= 11 is 1.67. The molecule has 4 rings (SSSR count). The zero-order valence-corrected chi connectivity index (χ0v) is 15.7. The average Bonchev–Trinajstić information content (AvgIpc) is 3.29. The minimum Gasteiger partial charge on any atom is -0.325 e. The highest BCUT2D eigenvalue weighted by molar-refractivity contribution is 7.14. The lowest BCUT2D eigenvalue weighted by Crippen LogP contribution is -2.33. The normalized spacial score (nSPS) is 14.0. The van der Waals surface area contributed by atoms with Crippen molar-refractivity contribution < 1.29 is 4.79 Å². The molecule has 0 fully saturated rings. The van der Waals surface area contributed by atoms with Crippen LogP contribution in [-0.4, -0.2) is 15.8 Å². The second kappa shape index (κ2) is 7.42. The van der Waals surface area contributed by atoms with E-state index < -0.39 is 0 Å². The summed E-state index contributed by atoms with van der Waals surface area (Å²) in [5, 5.41) is 0. The summed E-state index contributed by atoms with van der Waals surface area (Å²) in [7, 11) is 0. The van der Waals surface area contributed by atoms with Gasteiger partial charge in [0.15, 0.2) is 0 Å². The van der Waals surface area contributed by atoms with Gasteiger partial charge >= 0.3 is 0 Å². The van der Waals surface area contributed by atoms with Crippen LogP contribution in [0, 0.1) is 0 Å². The maximum Gasteiger partial charge on any atom is 0.264 e. The molecule has 0 aliphatic heterocycles. The van der Waals surface area contributed by atoms with Gasteiger partial charge in [-0.3, -0.25) is 9.78 Å². The first-order chi connectivity index (χ1) is 12.7. The molecule has 132 valence electrons. The van der Waals surface area contributed by atoms with Crippen LogP contribution in [0.15, 0.2) is 60.8 Å². The summed E-state index contributed by atoms with van der Waals surface area (Å²) in [6.45, 7) is 2.64. The topological polar surface area (TPSA) is 33.2 Å². The van der Waals surface area contributed by atoms with Crippen LogP contribution in [0.3, 0.4) is 0 Å². The summed E-state index contributed by atoms with van der Waals surface area (Å²) in [5.41, 5.74) is 3.41. The molecule has 1 aliphatic rings. The van der Waals surface area contributed by atoms with E-state index in [1.807, 2.05) is 41.3 Å². The molecule has 0 N–H and O–H groups in total. The molecule has 1 amide bonds. The molecule has 1 unspecified atom stereocenters. The van der Waals surface area contributed by atoms with Crippen LogP contribution in [0.5, 0.6) is 0 Å². The lowest BCUT2D eigenvalue weighted by molar-refractivity contribution is 0.0675. The Bertz CT molecular complexity index is 868. The third-order valence-corrected chi connectivity index (χ3v) is 6.22. The Hall–Kier alpha value is -2.46. The average molecular weight is 362 g/mol. The Morgan fingerprint density at radius 3 is 2.69 bits per heavy atom. The molecule has 0 saturated carbocycles. The second-order valence-electron chi connectivity index (χ2n) is 6.76. The summed E-state index contributed by atoms with van der Waals surface area (Å²) < 4.78 is 0. The maximum absolute atomic E-state index is 13.4. The van der Waals surface area contributed by atoms with E-state index in [-0.39, 0.29) is 11.9 Å². The van der Waals surface area contributed by atoms with Gasteiger partial charge in [-0.05, 0) is 55.5 Å². The Labute approximate surface area is 158 Å². The summed E-state index contributed by atoms with van der Waals surface area (Å²) in [5.74, 6) is 0.103. The Balaban J connectivity index is 1.65. The molecule has 0 radical (unpaired) electrons. The highest BCUT2D eigenvalue weighted by Crippen LogP contribution is 2.33. The van der Waals surface area contributed by atoms with Crippen LogP contribution < -0.4 is 0 Å². The van der Waals surface area contributed by atoms with E-state index in [1.165, 1.54) is 16.9 Å². The summed E-state index contributed by atoms with van der Waals surface area (Å²) in [6, 6.07) is 18.1. The van der Waals surface area contributed by atoms with Gasteiger partial charge in [0.05, 0.1) is 16.6 Å². The van der Waals surface area contributed by atoms with Crippen molar-refractivity contribution in [3.8, 4) is 0 Å². The van der Waals surface area contributed by atoms with E-state index >= 15 is 0 Å². The standard InChI is InChI=1S/C22H22N2OS/c1-16(19-11-5-6-13-23-19)24(15-17-8-3-2-4-9-17)22(25)21-14-18-10-7-12-20(18)26-21/h2-6,8-9,11,13-14,16H,7,10,12,15H2,1H3. The van der Waals surface area contributed by atoms with Crippen molar-refractivity contribution in [2.45, 2.75) is 38.8 Å². The highest BCUT2D eigenvalue weighted by atomic mass is 32.1. The number of rotatable bonds is 5. The van der Waals surface area contributed by atoms with Crippen molar-refractivity contribution in [2.24, 2.45) is 0 Å². The number of hydrogen-bond acceptors (Lipinski definition) is 3. The van der Waals surface area contributed by atoms with E-state index in [4.69, 9.17) is 0 Å². The Kier molecular flexibility index (Phi) is 4.85. The third kappa shape index (κ3) is 3.42. The number of amides is 1. The fourth-order valence-electron chi connectivity index (χ4n) is 3.52. The summed E-state index contributed by atoms with van der Waals surface area (Å²) in [6.07, 6.45) is 5.22. The van der Waals surface area contributed by atoms with Gasteiger partial charge in [-0.1, -0.05) is 36.4 Å². The van der Waals surface area contributed by atoms with Crippen LogP contribution in [-0.2, 0) is 19.4 Å². The monoisotopic (exact) mass is 362 g/mol. The molecule has 4 heteroatoms. The Morgan fingerprint density at radius 1 is 1.15 bits per heavy atom. The first kappa shape index (κ1) is 17.0. The van der Waals surface area contributed by atoms with Crippen molar-refractivity contribution >= 4 is 17.2 Å². The maximum atomic E-state index is 13.4. The number of benzene rings is 1. The minimum atomic E-state index is -0.0825. The van der Waals surface area contributed by atoms with Crippen LogP contribution in [0.2, 0.25) is 0 Å². The SMILES string of the molecule is CC(c1ccccn1)N(Cc1ccccc1)C(=O)c1cc2c(s1)CCC2. The number of aromatic nitrogens is 1. The van der Waals surface area contributed by atoms with Gasteiger partial charge in [-0.15, -0.1) is 11.3 Å². The number of carbonyl (C=O) groups excluding carboxylic acids is 1. The molecular formula is C22H22N2OS. The van der Waals surface area contributed by atoms with E-state index in [1.54, 1.807) is 17.5 Å². The third-order valence-electron chi connectivity index (χ3n) is 5.00. The molecule has 1 aliphatic carbocycles. The van der Waals surface area contributed by atoms with Crippen molar-refractivity contribution in [1.82, 2.24) is 9.88 Å². The van der Waals surface area contributed by atoms with Gasteiger partial charge in [0.25, 0.3) is 5.91 Å². The van der Waals surface area contributed by atoms with Crippen molar-refractivity contribution in [2.75, 3.05) is 0 Å². The molecule has 0 spiro atoms. The Morgan fingerprint density at radius 2 is 1.96 bits per heavy atom. The summed E-state index contributed by atoms with van der Waals surface area (Å²) in [4.78, 5) is 22.0. The highest BCUT2D eigenvalue weighted by Gasteiger charge is 2.27. The lowest BCUT2D eigenvalue weighted by Gasteiger charge is -2.29. The van der Waals surface area contributed by atoms with E-state index in [2.05, 4.69) is 30.1 Å². The minimum absolute atomic E-state index is 0.0825. The van der Waals surface area contributed by atoms with Crippen LogP contribution in [0.25, 0.3) is 0 Å². The fourth-order valence-corrected chi connectivity index (χ4v) is 4.73. The first-order valence-electron chi connectivity index (χ1n) is 9.10. The van der Waals surface area contributed by atoms with Crippen LogP contribution >= 0.6 is 11.3 Å². The van der Waals surface area contributed by atoms with Gasteiger partial charge < -0.3 is 4.90 Å².